The van der Waals surface area contributed by atoms with Gasteiger partial charge >= 0.3 is 18.1 Å². The van der Waals surface area contributed by atoms with Crippen molar-refractivity contribution in [1.82, 2.24) is 9.37 Å². The zero-order chi connectivity index (χ0) is 39.3. The zero-order valence-corrected chi connectivity index (χ0v) is 30.0. The van der Waals surface area contributed by atoms with Crippen LogP contribution in [-0.4, -0.2) is 66.1 Å². The number of sulfonamides is 1. The molecular formula is C39H37F6N3O6S. The Labute approximate surface area is 313 Å². The zero-order valence-electron chi connectivity index (χ0n) is 29.2. The van der Waals surface area contributed by atoms with Crippen LogP contribution in [0.15, 0.2) is 89.8 Å². The van der Waals surface area contributed by atoms with E-state index in [-0.39, 0.29) is 24.3 Å². The maximum Gasteiger partial charge on any atom is 0.492 e. The fourth-order valence-corrected chi connectivity index (χ4v) is 9.28. The van der Waals surface area contributed by atoms with Gasteiger partial charge in [-0.3, -0.25) is 4.79 Å². The number of carbonyl (C=O) groups excluding carboxylic acids is 2. The number of nitrogens with two attached hydrogens (primary N) is 1. The average molecular weight is 790 g/mol. The maximum atomic E-state index is 17.2. The molecule has 2 unspecified atom stereocenters. The molecule has 3 fully saturated rings. The minimum atomic E-state index is -5.84. The lowest BCUT2D eigenvalue weighted by Gasteiger charge is -2.42. The van der Waals surface area contributed by atoms with E-state index >= 15 is 8.78 Å². The Morgan fingerprint density at radius 3 is 1.95 bits per heavy atom. The lowest BCUT2D eigenvalue weighted by Crippen LogP contribution is -2.62. The first kappa shape index (κ1) is 38.6. The van der Waals surface area contributed by atoms with Crippen molar-refractivity contribution in [2.45, 2.75) is 98.6 Å². The number of hydroxylamine groups is 1. The van der Waals surface area contributed by atoms with Gasteiger partial charge in [-0.25, -0.2) is 17.6 Å². The number of carbonyl (C=O) groups is 2. The highest BCUT2D eigenvalue weighted by Gasteiger charge is 2.60. The van der Waals surface area contributed by atoms with Gasteiger partial charge in [-0.05, 0) is 114 Å². The molecule has 16 heteroatoms. The summed E-state index contributed by atoms with van der Waals surface area (Å²) in [7, 11) is -5.66. The van der Waals surface area contributed by atoms with Crippen molar-refractivity contribution in [2.24, 2.45) is 5.73 Å². The largest absolute Gasteiger partial charge is 0.492 e. The molecule has 2 bridgehead atoms. The molecule has 2 N–H and O–H groups in total. The Balaban J connectivity index is 1.33. The van der Waals surface area contributed by atoms with Crippen LogP contribution in [-0.2, 0) is 30.4 Å². The second-order valence-corrected chi connectivity index (χ2v) is 16.1. The third-order valence-corrected chi connectivity index (χ3v) is 12.2. The summed E-state index contributed by atoms with van der Waals surface area (Å²) in [6.45, 7) is 0. The third kappa shape index (κ3) is 7.76. The molecule has 55 heavy (non-hydrogen) atoms. The van der Waals surface area contributed by atoms with Crippen LogP contribution in [0.5, 0.6) is 5.75 Å². The molecular weight excluding hydrogens is 752 g/mol. The lowest BCUT2D eigenvalue weighted by molar-refractivity contribution is -0.240. The van der Waals surface area contributed by atoms with E-state index in [1.165, 1.54) is 36.4 Å². The predicted molar refractivity (Wildman–Crippen MR) is 188 cm³/mol. The first-order chi connectivity index (χ1) is 26.0. The third-order valence-electron chi connectivity index (χ3n) is 10.6. The molecule has 0 aromatic heterocycles. The van der Waals surface area contributed by atoms with Gasteiger partial charge < -0.3 is 20.2 Å². The summed E-state index contributed by atoms with van der Waals surface area (Å²) in [5, 5.41) is 0.713. The standard InChI is InChI=1S/C39H37F6N3O6S/c40-28-13-7-24(8-14-28)23-5-11-27(12-6-23)38(41,42)35(36(49)47-30-15-16-31(47)22-29(46)21-30)48(54-37(50)39(43,44)45)55(51,52)34-18-10-25-19-33(17-9-26(25)20-34)53-32-3-1-2-4-32/h5-14,17-20,29-32,35H,1-4,15-16,21-22,46H2/t29?,30?,31?,35-/m0/s1. The van der Waals surface area contributed by atoms with Crippen LogP contribution < -0.4 is 10.5 Å². The number of benzene rings is 4. The number of piperidine rings is 1. The number of nitrogens with zero attached hydrogens (tertiary/aromatic N) is 2. The Kier molecular flexibility index (Phi) is 10.4. The van der Waals surface area contributed by atoms with Gasteiger partial charge in [0.25, 0.3) is 15.9 Å². The second-order valence-electron chi connectivity index (χ2n) is 14.3. The van der Waals surface area contributed by atoms with Gasteiger partial charge in [-0.2, -0.15) is 22.0 Å². The Morgan fingerprint density at radius 2 is 1.35 bits per heavy atom. The van der Waals surface area contributed by atoms with Gasteiger partial charge in [0.2, 0.25) is 6.04 Å². The van der Waals surface area contributed by atoms with E-state index in [0.29, 0.717) is 35.1 Å². The molecule has 292 valence electrons. The molecule has 2 aliphatic heterocycles. The van der Waals surface area contributed by atoms with Gasteiger partial charge in [-0.15, -0.1) is 0 Å². The second kappa shape index (κ2) is 14.8. The van der Waals surface area contributed by atoms with Crippen LogP contribution in [0.3, 0.4) is 0 Å². The molecule has 0 spiro atoms. The molecule has 7 rings (SSSR count). The Bertz CT molecular complexity index is 2170. The van der Waals surface area contributed by atoms with Gasteiger partial charge in [-0.1, -0.05) is 48.5 Å². The van der Waals surface area contributed by atoms with Crippen LogP contribution in [0, 0.1) is 5.82 Å². The number of rotatable bonds is 10. The van der Waals surface area contributed by atoms with E-state index < -0.39 is 78.9 Å². The molecule has 1 aliphatic carbocycles. The van der Waals surface area contributed by atoms with E-state index in [1.807, 2.05) is 0 Å². The normalized spacial score (nSPS) is 21.2. The summed E-state index contributed by atoms with van der Waals surface area (Å²) < 4.78 is 123. The minimum Gasteiger partial charge on any atom is -0.490 e. The number of amides is 1. The monoisotopic (exact) mass is 789 g/mol. The molecule has 9 nitrogen and oxygen atoms in total. The molecule has 1 amide bonds. The fraction of sp³-hybridized carbons (Fsp3) is 0.385. The fourth-order valence-electron chi connectivity index (χ4n) is 7.90. The topological polar surface area (TPSA) is 119 Å². The van der Waals surface area contributed by atoms with E-state index in [4.69, 9.17) is 10.5 Å². The Morgan fingerprint density at radius 1 is 0.782 bits per heavy atom. The molecule has 4 aromatic rings. The lowest BCUT2D eigenvalue weighted by atomic mass is 9.94. The van der Waals surface area contributed by atoms with Crippen LogP contribution in [0.2, 0.25) is 0 Å². The van der Waals surface area contributed by atoms with Gasteiger partial charge in [0, 0.05) is 23.7 Å². The molecule has 4 aromatic carbocycles. The molecule has 2 heterocycles. The summed E-state index contributed by atoms with van der Waals surface area (Å²) >= 11 is 0. The van der Waals surface area contributed by atoms with Crippen LogP contribution in [0.4, 0.5) is 26.3 Å². The van der Waals surface area contributed by atoms with Gasteiger partial charge in [0.1, 0.15) is 11.6 Å². The van der Waals surface area contributed by atoms with Gasteiger partial charge in [0.05, 0.1) is 11.0 Å². The minimum absolute atomic E-state index is 0.00936. The highest BCUT2D eigenvalue weighted by molar-refractivity contribution is 7.89. The highest BCUT2D eigenvalue weighted by Crippen LogP contribution is 2.44. The average Bonchev–Trinajstić information content (AvgIpc) is 3.76. The number of ether oxygens (including phenoxy) is 1. The molecule has 2 saturated heterocycles. The van der Waals surface area contributed by atoms with Crippen molar-refractivity contribution >= 4 is 32.7 Å². The van der Waals surface area contributed by atoms with E-state index in [2.05, 4.69) is 4.84 Å². The first-order valence-electron chi connectivity index (χ1n) is 17.9. The van der Waals surface area contributed by atoms with Crippen molar-refractivity contribution in [3.63, 3.8) is 0 Å². The van der Waals surface area contributed by atoms with Crippen LogP contribution in [0.1, 0.15) is 56.9 Å². The molecule has 3 aliphatic rings. The van der Waals surface area contributed by atoms with E-state index in [9.17, 15) is 35.6 Å². The quantitative estimate of drug-likeness (QED) is 0.130. The van der Waals surface area contributed by atoms with Crippen molar-refractivity contribution < 1.29 is 53.9 Å². The summed E-state index contributed by atoms with van der Waals surface area (Å²) in [6.07, 6.45) is -1.03. The van der Waals surface area contributed by atoms with Gasteiger partial charge in [0.15, 0.2) is 0 Å². The maximum absolute atomic E-state index is 17.2. The van der Waals surface area contributed by atoms with Crippen LogP contribution >= 0.6 is 0 Å². The number of hydrogen-bond donors (Lipinski definition) is 1. The summed E-state index contributed by atoms with van der Waals surface area (Å²) in [5.41, 5.74) is 5.95. The SMILES string of the molecule is NC1CC2CCC(C1)N2C(=O)[C@H](N(OC(=O)C(F)(F)F)S(=O)(=O)c1ccc2cc(OC3CCCC3)ccc2c1)C(F)(F)c1ccc(-c2ccc(F)cc2)cc1. The van der Waals surface area contributed by atoms with Crippen molar-refractivity contribution in [1.29, 1.82) is 0 Å². The smallest absolute Gasteiger partial charge is 0.490 e. The van der Waals surface area contributed by atoms with Crippen molar-refractivity contribution in [3.8, 4) is 16.9 Å². The molecule has 3 atom stereocenters. The number of alkyl halides is 5. The highest BCUT2D eigenvalue weighted by atomic mass is 32.2. The molecule has 1 saturated carbocycles. The number of halogens is 6. The Hall–Kier alpha value is -4.67. The molecule has 0 radical (unpaired) electrons. The van der Waals surface area contributed by atoms with E-state index in [0.717, 1.165) is 67.0 Å². The van der Waals surface area contributed by atoms with Crippen molar-refractivity contribution in [3.05, 3.63) is 96.3 Å². The van der Waals surface area contributed by atoms with Crippen molar-refractivity contribution in [2.75, 3.05) is 0 Å². The predicted octanol–water partition coefficient (Wildman–Crippen LogP) is 7.62. The number of hydrogen-bond acceptors (Lipinski definition) is 7. The summed E-state index contributed by atoms with van der Waals surface area (Å²) in [6, 6.07) is 12.1. The van der Waals surface area contributed by atoms with Crippen LogP contribution in [0.25, 0.3) is 21.9 Å². The summed E-state index contributed by atoms with van der Waals surface area (Å²) in [5.74, 6) is -9.32. The first-order valence-corrected chi connectivity index (χ1v) is 19.3. The number of fused-ring (bicyclic) bond motifs is 3. The van der Waals surface area contributed by atoms with E-state index in [1.54, 1.807) is 12.1 Å². The summed E-state index contributed by atoms with van der Waals surface area (Å²) in [4.78, 5) is 31.6.